The molecule has 1 heterocycles. The molecule has 2 aliphatic rings. The van der Waals surface area contributed by atoms with Crippen LogP contribution in [0.1, 0.15) is 65.7 Å². The Morgan fingerprint density at radius 2 is 1.68 bits per heavy atom. The van der Waals surface area contributed by atoms with Crippen molar-refractivity contribution in [1.82, 2.24) is 4.90 Å². The van der Waals surface area contributed by atoms with Crippen molar-refractivity contribution in [1.29, 1.82) is 0 Å². The molecule has 0 radical (unpaired) electrons. The Balaban J connectivity index is 0.000000861. The molecule has 1 atom stereocenters. The standard InChI is InChI=1S/C13H21F2NO.C2H6/c1-10-4-2-3-9-16(10)12(17)11-5-7-13(14,15)8-6-11;1-2/h10-11H,2-9H2,1H3;1-2H3. The molecule has 0 aromatic rings. The first-order valence-electron chi connectivity index (χ1n) is 7.68. The molecule has 2 nitrogen and oxygen atoms in total. The highest BCUT2D eigenvalue weighted by atomic mass is 19.3. The van der Waals surface area contributed by atoms with Gasteiger partial charge in [-0.05, 0) is 39.0 Å². The summed E-state index contributed by atoms with van der Waals surface area (Å²) in [5, 5.41) is 0. The van der Waals surface area contributed by atoms with E-state index in [1.54, 1.807) is 0 Å². The van der Waals surface area contributed by atoms with Crippen LogP contribution in [0.4, 0.5) is 8.78 Å². The minimum Gasteiger partial charge on any atom is -0.340 e. The number of nitrogens with zero attached hydrogens (tertiary/aromatic N) is 1. The van der Waals surface area contributed by atoms with Gasteiger partial charge < -0.3 is 4.90 Å². The number of carbonyl (C=O) groups excluding carboxylic acids is 1. The van der Waals surface area contributed by atoms with Crippen molar-refractivity contribution in [2.45, 2.75) is 77.7 Å². The zero-order valence-electron chi connectivity index (χ0n) is 12.4. The zero-order valence-corrected chi connectivity index (χ0v) is 12.4. The topological polar surface area (TPSA) is 20.3 Å². The number of alkyl halides is 2. The van der Waals surface area contributed by atoms with Crippen molar-refractivity contribution in [3.05, 3.63) is 0 Å². The Morgan fingerprint density at radius 3 is 2.21 bits per heavy atom. The Kier molecular flexibility index (Phi) is 6.21. The van der Waals surface area contributed by atoms with Crippen molar-refractivity contribution in [2.75, 3.05) is 6.54 Å². The second kappa shape index (κ2) is 7.20. The number of halogens is 2. The average molecular weight is 275 g/mol. The molecule has 2 rings (SSSR count). The monoisotopic (exact) mass is 275 g/mol. The minimum atomic E-state index is -2.54. The van der Waals surface area contributed by atoms with Gasteiger partial charge in [0.05, 0.1) is 0 Å². The summed E-state index contributed by atoms with van der Waals surface area (Å²) in [5.74, 6) is -2.58. The van der Waals surface area contributed by atoms with Crippen LogP contribution in [0.5, 0.6) is 0 Å². The van der Waals surface area contributed by atoms with Crippen molar-refractivity contribution in [3.63, 3.8) is 0 Å². The van der Waals surface area contributed by atoms with Gasteiger partial charge in [-0.2, -0.15) is 0 Å². The van der Waals surface area contributed by atoms with Crippen molar-refractivity contribution in [2.24, 2.45) is 5.92 Å². The van der Waals surface area contributed by atoms with E-state index in [1.165, 1.54) is 6.42 Å². The quantitative estimate of drug-likeness (QED) is 0.701. The van der Waals surface area contributed by atoms with E-state index in [0.29, 0.717) is 18.9 Å². The molecule has 0 bridgehead atoms. The maximum absolute atomic E-state index is 13.0. The third-order valence-electron chi connectivity index (χ3n) is 4.15. The van der Waals surface area contributed by atoms with E-state index in [2.05, 4.69) is 6.92 Å². The number of amides is 1. The van der Waals surface area contributed by atoms with E-state index in [0.717, 1.165) is 19.4 Å². The molecule has 1 saturated heterocycles. The van der Waals surface area contributed by atoms with E-state index in [-0.39, 0.29) is 24.7 Å². The number of rotatable bonds is 1. The molecule has 0 aromatic heterocycles. The molecule has 1 aliphatic carbocycles. The van der Waals surface area contributed by atoms with E-state index in [1.807, 2.05) is 18.7 Å². The van der Waals surface area contributed by atoms with Crippen LogP contribution in [-0.2, 0) is 4.79 Å². The van der Waals surface area contributed by atoms with Crippen LogP contribution in [0.25, 0.3) is 0 Å². The van der Waals surface area contributed by atoms with Gasteiger partial charge in [0, 0.05) is 31.3 Å². The van der Waals surface area contributed by atoms with Gasteiger partial charge in [0.2, 0.25) is 11.8 Å². The zero-order chi connectivity index (χ0) is 14.5. The molecule has 2 fully saturated rings. The van der Waals surface area contributed by atoms with Gasteiger partial charge in [-0.3, -0.25) is 4.79 Å². The molecule has 0 spiro atoms. The first-order valence-corrected chi connectivity index (χ1v) is 7.68. The second-order valence-corrected chi connectivity index (χ2v) is 5.51. The lowest BCUT2D eigenvalue weighted by atomic mass is 9.85. The lowest BCUT2D eigenvalue weighted by molar-refractivity contribution is -0.142. The molecule has 1 saturated carbocycles. The van der Waals surface area contributed by atoms with Gasteiger partial charge in [-0.15, -0.1) is 0 Å². The summed E-state index contributed by atoms with van der Waals surface area (Å²) >= 11 is 0. The number of piperidine rings is 1. The summed E-state index contributed by atoms with van der Waals surface area (Å²) in [4.78, 5) is 14.2. The number of hydrogen-bond donors (Lipinski definition) is 0. The Bertz CT molecular complexity index is 284. The van der Waals surface area contributed by atoms with Crippen molar-refractivity contribution >= 4 is 5.91 Å². The van der Waals surface area contributed by atoms with Gasteiger partial charge in [0.15, 0.2) is 0 Å². The summed E-state index contributed by atoms with van der Waals surface area (Å²) < 4.78 is 26.1. The summed E-state index contributed by atoms with van der Waals surface area (Å²) in [7, 11) is 0. The number of hydrogen-bond acceptors (Lipinski definition) is 1. The molecule has 0 N–H and O–H groups in total. The second-order valence-electron chi connectivity index (χ2n) is 5.51. The maximum atomic E-state index is 13.0. The fraction of sp³-hybridized carbons (Fsp3) is 0.933. The van der Waals surface area contributed by atoms with Gasteiger partial charge in [0.25, 0.3) is 0 Å². The van der Waals surface area contributed by atoms with Gasteiger partial charge in [-0.1, -0.05) is 13.8 Å². The van der Waals surface area contributed by atoms with E-state index in [9.17, 15) is 13.6 Å². The molecule has 4 heteroatoms. The molecule has 1 unspecified atom stereocenters. The third kappa shape index (κ3) is 4.43. The number of likely N-dealkylation sites (tertiary alicyclic amines) is 1. The molecule has 1 amide bonds. The van der Waals surface area contributed by atoms with Crippen molar-refractivity contribution < 1.29 is 13.6 Å². The fourth-order valence-corrected chi connectivity index (χ4v) is 2.95. The Morgan fingerprint density at radius 1 is 1.11 bits per heavy atom. The maximum Gasteiger partial charge on any atom is 0.248 e. The van der Waals surface area contributed by atoms with Crippen LogP contribution in [-0.4, -0.2) is 29.3 Å². The minimum absolute atomic E-state index is 0.118. The van der Waals surface area contributed by atoms with Gasteiger partial charge in [0.1, 0.15) is 0 Å². The SMILES string of the molecule is CC.CC1CCCCN1C(=O)C1CCC(F)(F)CC1. The summed E-state index contributed by atoms with van der Waals surface area (Å²) in [5.41, 5.74) is 0. The lowest BCUT2D eigenvalue weighted by Crippen LogP contribution is -2.46. The average Bonchev–Trinajstić information content (AvgIpc) is 2.41. The van der Waals surface area contributed by atoms with Crippen LogP contribution in [0.2, 0.25) is 0 Å². The van der Waals surface area contributed by atoms with E-state index < -0.39 is 5.92 Å². The Hall–Kier alpha value is -0.670. The normalized spacial score (nSPS) is 27.4. The van der Waals surface area contributed by atoms with Crippen LogP contribution >= 0.6 is 0 Å². The summed E-state index contributed by atoms with van der Waals surface area (Å²) in [6, 6.07) is 0.290. The summed E-state index contributed by atoms with van der Waals surface area (Å²) in [6.07, 6.45) is 3.75. The molecule has 0 aromatic carbocycles. The summed E-state index contributed by atoms with van der Waals surface area (Å²) in [6.45, 7) is 6.88. The highest BCUT2D eigenvalue weighted by Crippen LogP contribution is 2.37. The lowest BCUT2D eigenvalue weighted by Gasteiger charge is -2.37. The molecule has 1 aliphatic heterocycles. The number of carbonyl (C=O) groups is 1. The highest BCUT2D eigenvalue weighted by Gasteiger charge is 2.39. The Labute approximate surface area is 115 Å². The van der Waals surface area contributed by atoms with Gasteiger partial charge in [-0.25, -0.2) is 8.78 Å². The third-order valence-corrected chi connectivity index (χ3v) is 4.15. The van der Waals surface area contributed by atoms with E-state index >= 15 is 0 Å². The molecule has 112 valence electrons. The predicted molar refractivity (Wildman–Crippen MR) is 73.3 cm³/mol. The highest BCUT2D eigenvalue weighted by molar-refractivity contribution is 5.79. The first-order chi connectivity index (χ1) is 8.99. The molecule has 19 heavy (non-hydrogen) atoms. The van der Waals surface area contributed by atoms with Crippen LogP contribution in [0.15, 0.2) is 0 Å². The van der Waals surface area contributed by atoms with Crippen LogP contribution in [0, 0.1) is 5.92 Å². The molecular weight excluding hydrogens is 248 g/mol. The van der Waals surface area contributed by atoms with Crippen LogP contribution < -0.4 is 0 Å². The fourth-order valence-electron chi connectivity index (χ4n) is 2.95. The smallest absolute Gasteiger partial charge is 0.248 e. The first kappa shape index (κ1) is 16.4. The largest absolute Gasteiger partial charge is 0.340 e. The predicted octanol–water partition coefficient (Wildman–Crippen LogP) is 4.24. The van der Waals surface area contributed by atoms with Crippen molar-refractivity contribution in [3.8, 4) is 0 Å². The van der Waals surface area contributed by atoms with Crippen LogP contribution in [0.3, 0.4) is 0 Å². The van der Waals surface area contributed by atoms with E-state index in [4.69, 9.17) is 0 Å². The van der Waals surface area contributed by atoms with Gasteiger partial charge >= 0.3 is 0 Å². The molecular formula is C15H27F2NO.